The number of nitrogen functional groups attached to an aromatic ring is 1. The molecule has 2 rings (SSSR count). The minimum Gasteiger partial charge on any atom is -0.494 e. The summed E-state index contributed by atoms with van der Waals surface area (Å²) in [5.74, 6) is 0.827. The second kappa shape index (κ2) is 9.90. The molecule has 146 valence electrons. The highest BCUT2D eigenvalue weighted by molar-refractivity contribution is 6.00. The smallest absolute Gasteiger partial charge is 0.257 e. The first-order valence-electron chi connectivity index (χ1n) is 9.53. The number of rotatable bonds is 9. The van der Waals surface area contributed by atoms with E-state index in [2.05, 4.69) is 16.9 Å². The van der Waals surface area contributed by atoms with Crippen LogP contribution in [-0.2, 0) is 0 Å². The average molecular weight is 370 g/mol. The standard InChI is InChI=1S/C21H30N4O2/c1-5-6-7-8-9-14-27-17-12-10-16(11-13-17)19-18(20(26)25(3)4)15(2)23-21(22)24-19/h10-13H,5-9,14H2,1-4H3,(H2,22,23,24). The molecule has 27 heavy (non-hydrogen) atoms. The first-order chi connectivity index (χ1) is 12.9. The highest BCUT2D eigenvalue weighted by Gasteiger charge is 2.20. The number of nitrogens with zero attached hydrogens (tertiary/aromatic N) is 3. The number of hydrogen-bond acceptors (Lipinski definition) is 5. The van der Waals surface area contributed by atoms with Crippen molar-refractivity contribution in [2.75, 3.05) is 26.4 Å². The number of aromatic nitrogens is 2. The van der Waals surface area contributed by atoms with Gasteiger partial charge in [-0.15, -0.1) is 0 Å². The fourth-order valence-electron chi connectivity index (χ4n) is 2.89. The van der Waals surface area contributed by atoms with E-state index in [1.165, 1.54) is 30.6 Å². The van der Waals surface area contributed by atoms with Gasteiger partial charge in [0, 0.05) is 19.7 Å². The minimum atomic E-state index is -0.144. The molecule has 0 unspecified atom stereocenters. The summed E-state index contributed by atoms with van der Waals surface area (Å²) in [7, 11) is 3.42. The number of anilines is 1. The fourth-order valence-corrected chi connectivity index (χ4v) is 2.89. The number of carbonyl (C=O) groups is 1. The zero-order valence-corrected chi connectivity index (χ0v) is 16.8. The molecule has 0 spiro atoms. The van der Waals surface area contributed by atoms with E-state index in [0.29, 0.717) is 23.6 Å². The number of hydrogen-bond donors (Lipinski definition) is 1. The van der Waals surface area contributed by atoms with Gasteiger partial charge in [0.1, 0.15) is 5.75 Å². The molecule has 0 aliphatic carbocycles. The van der Waals surface area contributed by atoms with Crippen molar-refractivity contribution in [3.63, 3.8) is 0 Å². The molecule has 1 aromatic carbocycles. The molecule has 1 heterocycles. The Morgan fingerprint density at radius 3 is 2.37 bits per heavy atom. The second-order valence-electron chi connectivity index (χ2n) is 6.88. The van der Waals surface area contributed by atoms with Crippen LogP contribution < -0.4 is 10.5 Å². The predicted octanol–water partition coefficient (Wildman–Crippen LogP) is 4.09. The third kappa shape index (κ3) is 5.67. The van der Waals surface area contributed by atoms with Crippen LogP contribution in [0, 0.1) is 6.92 Å². The summed E-state index contributed by atoms with van der Waals surface area (Å²) in [6.45, 7) is 4.70. The topological polar surface area (TPSA) is 81.3 Å². The van der Waals surface area contributed by atoms with Gasteiger partial charge in [0.2, 0.25) is 5.95 Å². The van der Waals surface area contributed by atoms with Crippen molar-refractivity contribution < 1.29 is 9.53 Å². The first-order valence-corrected chi connectivity index (χ1v) is 9.53. The van der Waals surface area contributed by atoms with Gasteiger partial charge in [-0.3, -0.25) is 4.79 Å². The van der Waals surface area contributed by atoms with Crippen LogP contribution in [0.5, 0.6) is 5.75 Å². The summed E-state index contributed by atoms with van der Waals surface area (Å²) < 4.78 is 5.81. The SMILES string of the molecule is CCCCCCCOc1ccc(-c2nc(N)nc(C)c2C(=O)N(C)C)cc1. The molecule has 2 N–H and O–H groups in total. The van der Waals surface area contributed by atoms with Gasteiger partial charge < -0.3 is 15.4 Å². The van der Waals surface area contributed by atoms with Crippen LogP contribution in [0.25, 0.3) is 11.3 Å². The summed E-state index contributed by atoms with van der Waals surface area (Å²) in [5, 5.41) is 0. The average Bonchev–Trinajstić information content (AvgIpc) is 2.64. The maximum atomic E-state index is 12.6. The van der Waals surface area contributed by atoms with E-state index in [1.54, 1.807) is 21.0 Å². The number of aryl methyl sites for hydroxylation is 1. The zero-order chi connectivity index (χ0) is 19.8. The number of nitrogens with two attached hydrogens (primary N) is 1. The van der Waals surface area contributed by atoms with Gasteiger partial charge in [-0.25, -0.2) is 9.97 Å². The van der Waals surface area contributed by atoms with E-state index >= 15 is 0 Å². The molecular formula is C21H30N4O2. The summed E-state index contributed by atoms with van der Waals surface area (Å²) in [6.07, 6.45) is 6.04. The Bertz CT molecular complexity index is 758. The molecule has 1 amide bonds. The van der Waals surface area contributed by atoms with Gasteiger partial charge >= 0.3 is 0 Å². The van der Waals surface area contributed by atoms with Gasteiger partial charge in [0.25, 0.3) is 5.91 Å². The zero-order valence-electron chi connectivity index (χ0n) is 16.8. The van der Waals surface area contributed by atoms with Crippen LogP contribution in [0.1, 0.15) is 55.1 Å². The Morgan fingerprint density at radius 1 is 1.07 bits per heavy atom. The Morgan fingerprint density at radius 2 is 1.74 bits per heavy atom. The van der Waals surface area contributed by atoms with E-state index in [4.69, 9.17) is 10.5 Å². The Kier molecular flexibility index (Phi) is 7.58. The summed E-state index contributed by atoms with van der Waals surface area (Å²) >= 11 is 0. The Balaban J connectivity index is 2.14. The van der Waals surface area contributed by atoms with E-state index in [1.807, 2.05) is 24.3 Å². The largest absolute Gasteiger partial charge is 0.494 e. The van der Waals surface area contributed by atoms with Crippen molar-refractivity contribution in [2.45, 2.75) is 46.0 Å². The van der Waals surface area contributed by atoms with Gasteiger partial charge in [0.05, 0.1) is 23.6 Å². The molecule has 2 aromatic rings. The quantitative estimate of drug-likeness (QED) is 0.673. The van der Waals surface area contributed by atoms with E-state index in [9.17, 15) is 4.79 Å². The summed E-state index contributed by atoms with van der Waals surface area (Å²) in [6, 6.07) is 7.61. The lowest BCUT2D eigenvalue weighted by molar-refractivity contribution is 0.0827. The molecule has 0 bridgehead atoms. The third-order valence-electron chi connectivity index (χ3n) is 4.37. The van der Waals surface area contributed by atoms with E-state index in [-0.39, 0.29) is 11.9 Å². The third-order valence-corrected chi connectivity index (χ3v) is 4.37. The molecule has 0 aliphatic heterocycles. The van der Waals surface area contributed by atoms with Crippen molar-refractivity contribution in [1.29, 1.82) is 0 Å². The molecule has 1 aromatic heterocycles. The lowest BCUT2D eigenvalue weighted by Crippen LogP contribution is -2.24. The molecule has 0 atom stereocenters. The molecular weight excluding hydrogens is 340 g/mol. The van der Waals surface area contributed by atoms with Crippen molar-refractivity contribution in [3.05, 3.63) is 35.5 Å². The van der Waals surface area contributed by atoms with Crippen molar-refractivity contribution in [2.24, 2.45) is 0 Å². The number of unbranched alkanes of at least 4 members (excludes halogenated alkanes) is 4. The predicted molar refractivity (Wildman–Crippen MR) is 109 cm³/mol. The van der Waals surface area contributed by atoms with Gasteiger partial charge in [-0.2, -0.15) is 0 Å². The van der Waals surface area contributed by atoms with Crippen LogP contribution in [0.4, 0.5) is 5.95 Å². The fraction of sp³-hybridized carbons (Fsp3) is 0.476. The second-order valence-corrected chi connectivity index (χ2v) is 6.88. The molecule has 0 radical (unpaired) electrons. The van der Waals surface area contributed by atoms with Gasteiger partial charge in [-0.1, -0.05) is 32.6 Å². The van der Waals surface area contributed by atoms with Crippen LogP contribution in [0.3, 0.4) is 0 Å². The number of ether oxygens (including phenoxy) is 1. The molecule has 6 nitrogen and oxygen atoms in total. The van der Waals surface area contributed by atoms with Crippen molar-refractivity contribution in [3.8, 4) is 17.0 Å². The van der Waals surface area contributed by atoms with E-state index in [0.717, 1.165) is 17.7 Å². The molecule has 6 heteroatoms. The monoisotopic (exact) mass is 370 g/mol. The van der Waals surface area contributed by atoms with Gasteiger partial charge in [0.15, 0.2) is 0 Å². The number of carbonyl (C=O) groups excluding carboxylic acids is 1. The first kappa shape index (κ1) is 20.7. The highest BCUT2D eigenvalue weighted by Crippen LogP contribution is 2.27. The molecule has 0 aliphatic rings. The van der Waals surface area contributed by atoms with Crippen molar-refractivity contribution in [1.82, 2.24) is 14.9 Å². The minimum absolute atomic E-state index is 0.144. The molecule has 0 saturated heterocycles. The van der Waals surface area contributed by atoms with Crippen LogP contribution in [0.15, 0.2) is 24.3 Å². The molecule has 0 fully saturated rings. The maximum Gasteiger partial charge on any atom is 0.257 e. The van der Waals surface area contributed by atoms with Crippen LogP contribution in [-0.4, -0.2) is 41.5 Å². The molecule has 0 saturated carbocycles. The maximum absolute atomic E-state index is 12.6. The van der Waals surface area contributed by atoms with Gasteiger partial charge in [-0.05, 0) is 37.6 Å². The highest BCUT2D eigenvalue weighted by atomic mass is 16.5. The summed E-state index contributed by atoms with van der Waals surface area (Å²) in [4.78, 5) is 22.5. The normalized spacial score (nSPS) is 10.7. The number of amides is 1. The van der Waals surface area contributed by atoms with E-state index < -0.39 is 0 Å². The Labute approximate surface area is 161 Å². The lowest BCUT2D eigenvalue weighted by Gasteiger charge is -2.16. The van der Waals surface area contributed by atoms with Crippen molar-refractivity contribution >= 4 is 11.9 Å². The Hall–Kier alpha value is -2.63. The lowest BCUT2D eigenvalue weighted by atomic mass is 10.0. The van der Waals surface area contributed by atoms with Crippen LogP contribution >= 0.6 is 0 Å². The summed E-state index contributed by atoms with van der Waals surface area (Å²) in [5.41, 5.74) is 8.22. The number of benzene rings is 1. The van der Waals surface area contributed by atoms with Crippen LogP contribution in [0.2, 0.25) is 0 Å².